The Morgan fingerprint density at radius 3 is 2.67 bits per heavy atom. The average Bonchev–Trinajstić information content (AvgIpc) is 2.68. The van der Waals surface area contributed by atoms with Gasteiger partial charge in [0.15, 0.2) is 0 Å². The second kappa shape index (κ2) is 7.86. The Morgan fingerprint density at radius 1 is 1.22 bits per heavy atom. The number of carbonyl (C=O) groups excluding carboxylic acids is 2. The van der Waals surface area contributed by atoms with Crippen LogP contribution < -0.4 is 20.7 Å². The lowest BCUT2D eigenvalue weighted by molar-refractivity contribution is -0.120. The summed E-state index contributed by atoms with van der Waals surface area (Å²) < 4.78 is 0. The van der Waals surface area contributed by atoms with Crippen LogP contribution in [-0.4, -0.2) is 42.8 Å². The number of carbonyl (C=O) groups is 2. The summed E-state index contributed by atoms with van der Waals surface area (Å²) in [5.41, 5.74) is 4.35. The molecule has 140 valence electrons. The number of nitrogens with zero attached hydrogens (tertiary/aromatic N) is 4. The van der Waals surface area contributed by atoms with Gasteiger partial charge in [0, 0.05) is 32.4 Å². The summed E-state index contributed by atoms with van der Waals surface area (Å²) in [6.45, 7) is 1.96. The van der Waals surface area contributed by atoms with Gasteiger partial charge in [-0.05, 0) is 25.1 Å². The fourth-order valence-electron chi connectivity index (χ4n) is 2.73. The van der Waals surface area contributed by atoms with Gasteiger partial charge in [-0.1, -0.05) is 24.3 Å². The molecule has 1 aliphatic rings. The largest absolute Gasteiger partial charge is 0.362 e. The summed E-state index contributed by atoms with van der Waals surface area (Å²) in [5.74, 6) is 0.274. The molecule has 3 rings (SSSR count). The number of anilines is 2. The molecule has 1 aliphatic heterocycles. The molecule has 1 aromatic heterocycles. The quantitative estimate of drug-likeness (QED) is 0.827. The van der Waals surface area contributed by atoms with Crippen molar-refractivity contribution >= 4 is 29.2 Å². The Kier molecular flexibility index (Phi) is 5.35. The van der Waals surface area contributed by atoms with E-state index >= 15 is 0 Å². The number of benzene rings is 1. The summed E-state index contributed by atoms with van der Waals surface area (Å²) in [6, 6.07) is 12.2. The Morgan fingerprint density at radius 2 is 1.96 bits per heavy atom. The van der Waals surface area contributed by atoms with Gasteiger partial charge in [0.25, 0.3) is 11.8 Å². The summed E-state index contributed by atoms with van der Waals surface area (Å²) in [5, 5.41) is 4.18. The normalized spacial score (nSPS) is 16.4. The lowest BCUT2D eigenvalue weighted by Gasteiger charge is -2.30. The van der Waals surface area contributed by atoms with Gasteiger partial charge < -0.3 is 10.2 Å². The molecule has 0 saturated heterocycles. The number of amides is 2. The second-order valence-corrected chi connectivity index (χ2v) is 6.34. The van der Waals surface area contributed by atoms with Gasteiger partial charge in [0.1, 0.15) is 11.9 Å². The van der Waals surface area contributed by atoms with Crippen LogP contribution in [-0.2, 0) is 16.1 Å². The van der Waals surface area contributed by atoms with Crippen LogP contribution in [0.2, 0.25) is 0 Å². The molecule has 0 saturated carbocycles. The Labute approximate surface area is 157 Å². The first kappa shape index (κ1) is 18.4. The molecule has 2 aromatic rings. The standard InChI is InChI=1S/C19H22N6O2/c1-13-19(27)25(15-9-5-4-6-10-15)23-16(22-13)18(26)21-12-14-8-7-11-20-17(14)24(2)3/h4-11,13H,12H2,1-3H3,(H,21,26)(H,22,23). The van der Waals surface area contributed by atoms with Crippen LogP contribution in [0.4, 0.5) is 11.5 Å². The highest BCUT2D eigenvalue weighted by Gasteiger charge is 2.30. The Hall–Kier alpha value is -3.42. The molecule has 0 aliphatic carbocycles. The van der Waals surface area contributed by atoms with Crippen molar-refractivity contribution in [3.63, 3.8) is 0 Å². The van der Waals surface area contributed by atoms with Crippen molar-refractivity contribution in [2.24, 2.45) is 4.99 Å². The van der Waals surface area contributed by atoms with Crippen molar-refractivity contribution in [2.75, 3.05) is 24.0 Å². The van der Waals surface area contributed by atoms with E-state index in [1.54, 1.807) is 25.3 Å². The predicted molar refractivity (Wildman–Crippen MR) is 104 cm³/mol. The molecule has 8 nitrogen and oxygen atoms in total. The fraction of sp³-hybridized carbons (Fsp3) is 0.263. The van der Waals surface area contributed by atoms with Crippen LogP contribution >= 0.6 is 0 Å². The van der Waals surface area contributed by atoms with Gasteiger partial charge in [0.05, 0.1) is 5.69 Å². The number of aromatic nitrogens is 1. The Bertz CT molecular complexity index is 866. The van der Waals surface area contributed by atoms with Crippen LogP contribution in [0, 0.1) is 0 Å². The molecule has 2 heterocycles. The van der Waals surface area contributed by atoms with Gasteiger partial charge in [-0.15, -0.1) is 0 Å². The summed E-state index contributed by atoms with van der Waals surface area (Å²) in [7, 11) is 3.79. The molecular weight excluding hydrogens is 344 g/mol. The number of aliphatic imine (C=N–C) groups is 1. The predicted octanol–water partition coefficient (Wildman–Crippen LogP) is 1.10. The van der Waals surface area contributed by atoms with Crippen LogP contribution in [0.1, 0.15) is 12.5 Å². The first-order chi connectivity index (χ1) is 13.0. The van der Waals surface area contributed by atoms with Crippen LogP contribution in [0.25, 0.3) is 0 Å². The first-order valence-corrected chi connectivity index (χ1v) is 8.60. The molecule has 2 N–H and O–H groups in total. The van der Waals surface area contributed by atoms with Crippen molar-refractivity contribution in [3.05, 3.63) is 54.2 Å². The minimum atomic E-state index is -0.650. The van der Waals surface area contributed by atoms with Crippen molar-refractivity contribution in [1.29, 1.82) is 0 Å². The molecular formula is C19H22N6O2. The maximum absolute atomic E-state index is 12.6. The van der Waals surface area contributed by atoms with Crippen LogP contribution in [0.3, 0.4) is 0 Å². The first-order valence-electron chi connectivity index (χ1n) is 8.60. The van der Waals surface area contributed by atoms with Crippen molar-refractivity contribution < 1.29 is 9.59 Å². The highest BCUT2D eigenvalue weighted by Crippen LogP contribution is 2.16. The van der Waals surface area contributed by atoms with Gasteiger partial charge in [-0.25, -0.2) is 15.0 Å². The van der Waals surface area contributed by atoms with Crippen molar-refractivity contribution in [1.82, 2.24) is 15.7 Å². The number of para-hydroxylation sites is 1. The number of rotatable bonds is 5. The molecule has 0 bridgehead atoms. The SMILES string of the molecule is CC1N=C(C(=O)NCc2cccnc2N(C)C)NN(c2ccccc2)C1=O. The smallest absolute Gasteiger partial charge is 0.288 e. The number of nitrogens with one attached hydrogen (secondary N) is 2. The van der Waals surface area contributed by atoms with Gasteiger partial charge in [0.2, 0.25) is 5.84 Å². The van der Waals surface area contributed by atoms with Crippen molar-refractivity contribution in [3.8, 4) is 0 Å². The van der Waals surface area contributed by atoms with E-state index in [1.807, 2.05) is 49.3 Å². The van der Waals surface area contributed by atoms with E-state index in [-0.39, 0.29) is 17.6 Å². The van der Waals surface area contributed by atoms with E-state index in [0.29, 0.717) is 12.2 Å². The number of pyridine rings is 1. The minimum absolute atomic E-state index is 0.0984. The summed E-state index contributed by atoms with van der Waals surface area (Å²) in [6.07, 6.45) is 1.71. The highest BCUT2D eigenvalue weighted by atomic mass is 16.2. The maximum atomic E-state index is 12.6. The molecule has 1 aromatic carbocycles. The molecule has 0 radical (unpaired) electrons. The van der Waals surface area contributed by atoms with Crippen molar-refractivity contribution in [2.45, 2.75) is 19.5 Å². The van der Waals surface area contributed by atoms with E-state index in [1.165, 1.54) is 5.01 Å². The zero-order valence-electron chi connectivity index (χ0n) is 15.5. The zero-order valence-corrected chi connectivity index (χ0v) is 15.5. The van der Waals surface area contributed by atoms with E-state index in [0.717, 1.165) is 11.4 Å². The summed E-state index contributed by atoms with van der Waals surface area (Å²) in [4.78, 5) is 35.4. The molecule has 27 heavy (non-hydrogen) atoms. The molecule has 8 heteroatoms. The number of hydrogen-bond donors (Lipinski definition) is 2. The van der Waals surface area contributed by atoms with E-state index in [9.17, 15) is 9.59 Å². The van der Waals surface area contributed by atoms with Crippen LogP contribution in [0.5, 0.6) is 0 Å². The topological polar surface area (TPSA) is 89.9 Å². The number of hydrazine groups is 1. The average molecular weight is 366 g/mol. The van der Waals surface area contributed by atoms with E-state index in [2.05, 4.69) is 20.7 Å². The molecule has 1 unspecified atom stereocenters. The number of hydrogen-bond acceptors (Lipinski definition) is 6. The highest BCUT2D eigenvalue weighted by molar-refractivity contribution is 6.39. The minimum Gasteiger partial charge on any atom is -0.362 e. The molecule has 0 fully saturated rings. The van der Waals surface area contributed by atoms with Gasteiger partial charge in [-0.3, -0.25) is 15.0 Å². The fourth-order valence-corrected chi connectivity index (χ4v) is 2.73. The van der Waals surface area contributed by atoms with Crippen LogP contribution in [0.15, 0.2) is 53.7 Å². The van der Waals surface area contributed by atoms with Gasteiger partial charge >= 0.3 is 0 Å². The third kappa shape index (κ3) is 4.05. The number of amidine groups is 1. The monoisotopic (exact) mass is 366 g/mol. The molecule has 0 spiro atoms. The maximum Gasteiger partial charge on any atom is 0.288 e. The van der Waals surface area contributed by atoms with E-state index < -0.39 is 6.04 Å². The lowest BCUT2D eigenvalue weighted by Crippen LogP contribution is -2.57. The molecule has 1 atom stereocenters. The third-order valence-electron chi connectivity index (χ3n) is 4.08. The zero-order chi connectivity index (χ0) is 19.4. The second-order valence-electron chi connectivity index (χ2n) is 6.34. The Balaban J connectivity index is 1.73. The lowest BCUT2D eigenvalue weighted by atomic mass is 10.2. The molecule has 2 amide bonds. The van der Waals surface area contributed by atoms with Gasteiger partial charge in [-0.2, -0.15) is 0 Å². The third-order valence-corrected chi connectivity index (χ3v) is 4.08. The summed E-state index contributed by atoms with van der Waals surface area (Å²) >= 11 is 0. The van der Waals surface area contributed by atoms with E-state index in [4.69, 9.17) is 0 Å².